The number of pyridine rings is 1. The van der Waals surface area contributed by atoms with Gasteiger partial charge in [0, 0.05) is 49.6 Å². The molecule has 3 aliphatic rings. The molecule has 7 nitrogen and oxygen atoms in total. The Labute approximate surface area is 183 Å². The quantitative estimate of drug-likeness (QED) is 0.728. The molecule has 2 N–H and O–H groups in total. The molecule has 0 amide bonds. The van der Waals surface area contributed by atoms with Gasteiger partial charge in [0.05, 0.1) is 44.2 Å². The summed E-state index contributed by atoms with van der Waals surface area (Å²) in [4.78, 5) is 16.8. The molecule has 0 aromatic carbocycles. The number of hydrogen-bond acceptors (Lipinski definition) is 7. The molecule has 5 rings (SSSR count). The van der Waals surface area contributed by atoms with Crippen LogP contribution in [0.2, 0.25) is 5.02 Å². The molecule has 0 spiro atoms. The van der Waals surface area contributed by atoms with E-state index in [1.165, 1.54) is 0 Å². The van der Waals surface area contributed by atoms with E-state index in [1.807, 2.05) is 6.07 Å². The summed E-state index contributed by atoms with van der Waals surface area (Å²) in [6.07, 6.45) is 8.96. The average Bonchev–Trinajstić information content (AvgIpc) is 3.12. The van der Waals surface area contributed by atoms with Gasteiger partial charge in [-0.15, -0.1) is 0 Å². The minimum atomic E-state index is -1.02. The Hall–Kier alpha value is -1.77. The van der Waals surface area contributed by atoms with E-state index >= 15 is 0 Å². The van der Waals surface area contributed by atoms with Crippen molar-refractivity contribution in [3.05, 3.63) is 35.0 Å². The first kappa shape index (κ1) is 20.2. The molecule has 4 heterocycles. The lowest BCUT2D eigenvalue weighted by molar-refractivity contribution is 0.144. The monoisotopic (exact) mass is 447 g/mol. The van der Waals surface area contributed by atoms with Gasteiger partial charge in [-0.3, -0.25) is 4.21 Å². The highest BCUT2D eigenvalue weighted by Gasteiger charge is 2.38. The SMILES string of the molecule is O=[S@@]1CCc2nc(N3CCC(c4ncc(Cl)cn4)CC3)cc(NC3(CO)CCC3)c21. The molecule has 30 heavy (non-hydrogen) atoms. The largest absolute Gasteiger partial charge is 0.394 e. The maximum absolute atomic E-state index is 12.6. The molecule has 0 bridgehead atoms. The lowest BCUT2D eigenvalue weighted by Gasteiger charge is -2.42. The number of hydrogen-bond donors (Lipinski definition) is 2. The number of aryl methyl sites for hydroxylation is 1. The molecule has 2 aromatic rings. The highest BCUT2D eigenvalue weighted by Crippen LogP contribution is 2.40. The van der Waals surface area contributed by atoms with E-state index in [2.05, 4.69) is 20.2 Å². The zero-order chi connectivity index (χ0) is 20.7. The Bertz CT molecular complexity index is 953. The summed E-state index contributed by atoms with van der Waals surface area (Å²) in [6.45, 7) is 1.84. The van der Waals surface area contributed by atoms with Crippen molar-refractivity contribution in [2.24, 2.45) is 0 Å². The molecule has 9 heteroatoms. The lowest BCUT2D eigenvalue weighted by atomic mass is 9.77. The molecule has 160 valence electrons. The number of aliphatic hydroxyl groups excluding tert-OH is 1. The predicted molar refractivity (Wildman–Crippen MR) is 118 cm³/mol. The summed E-state index contributed by atoms with van der Waals surface area (Å²) in [7, 11) is -1.02. The van der Waals surface area contributed by atoms with Crippen molar-refractivity contribution < 1.29 is 9.32 Å². The molecule has 1 aliphatic carbocycles. The first-order valence-corrected chi connectivity index (χ1v) is 12.3. The maximum atomic E-state index is 12.6. The van der Waals surface area contributed by atoms with Gasteiger partial charge in [0.1, 0.15) is 11.6 Å². The van der Waals surface area contributed by atoms with Crippen LogP contribution in [0.4, 0.5) is 11.5 Å². The van der Waals surface area contributed by atoms with Crippen molar-refractivity contribution in [3.8, 4) is 0 Å². The van der Waals surface area contributed by atoms with E-state index in [1.54, 1.807) is 12.4 Å². The van der Waals surface area contributed by atoms with E-state index in [0.29, 0.717) is 16.7 Å². The first-order valence-electron chi connectivity index (χ1n) is 10.6. The van der Waals surface area contributed by atoms with Gasteiger partial charge < -0.3 is 15.3 Å². The Morgan fingerprint density at radius 1 is 1.27 bits per heavy atom. The number of rotatable bonds is 5. The Morgan fingerprint density at radius 2 is 2.00 bits per heavy atom. The van der Waals surface area contributed by atoms with Gasteiger partial charge in [0.15, 0.2) is 0 Å². The van der Waals surface area contributed by atoms with E-state index in [9.17, 15) is 9.32 Å². The lowest BCUT2D eigenvalue weighted by Crippen LogP contribution is -2.48. The minimum absolute atomic E-state index is 0.0958. The van der Waals surface area contributed by atoms with Crippen molar-refractivity contribution in [2.45, 2.75) is 54.9 Å². The zero-order valence-electron chi connectivity index (χ0n) is 16.8. The van der Waals surface area contributed by atoms with Crippen molar-refractivity contribution >= 4 is 33.9 Å². The fourth-order valence-electron chi connectivity index (χ4n) is 4.65. The van der Waals surface area contributed by atoms with Crippen molar-refractivity contribution in [3.63, 3.8) is 0 Å². The smallest absolute Gasteiger partial charge is 0.131 e. The summed E-state index contributed by atoms with van der Waals surface area (Å²) in [5.41, 5.74) is 1.55. The zero-order valence-corrected chi connectivity index (χ0v) is 18.4. The number of nitrogens with one attached hydrogen (secondary N) is 1. The van der Waals surface area contributed by atoms with Gasteiger partial charge in [0.2, 0.25) is 0 Å². The fourth-order valence-corrected chi connectivity index (χ4v) is 6.10. The van der Waals surface area contributed by atoms with E-state index in [4.69, 9.17) is 16.6 Å². The number of halogens is 1. The standard InChI is InChI=1S/C21H26ClN5O2S/c22-15-11-23-20(24-12-15)14-2-7-27(8-3-14)18-10-17(26-21(13-28)5-1-6-21)19-16(25-18)4-9-30(19)29/h10-12,14,28H,1-9,13H2,(H,25,26)/t30-/m1/s1. The van der Waals surface area contributed by atoms with Crippen LogP contribution < -0.4 is 10.2 Å². The second-order valence-electron chi connectivity index (χ2n) is 8.54. The van der Waals surface area contributed by atoms with Crippen LogP contribution in [0, 0.1) is 0 Å². The Morgan fingerprint density at radius 3 is 2.63 bits per heavy atom. The summed E-state index contributed by atoms with van der Waals surface area (Å²) < 4.78 is 12.6. The average molecular weight is 448 g/mol. The molecule has 2 aliphatic heterocycles. The molecule has 0 unspecified atom stereocenters. The third kappa shape index (κ3) is 3.69. The normalized spacial score (nSPS) is 23.1. The van der Waals surface area contributed by atoms with Gasteiger partial charge in [-0.25, -0.2) is 15.0 Å². The second-order valence-corrected chi connectivity index (χ2v) is 10.5. The number of aliphatic hydroxyl groups is 1. The van der Waals surface area contributed by atoms with Crippen LogP contribution in [0.3, 0.4) is 0 Å². The summed E-state index contributed by atoms with van der Waals surface area (Å²) in [5.74, 6) is 2.74. The van der Waals surface area contributed by atoms with Gasteiger partial charge in [-0.1, -0.05) is 11.6 Å². The minimum Gasteiger partial charge on any atom is -0.394 e. The van der Waals surface area contributed by atoms with Crippen LogP contribution >= 0.6 is 11.6 Å². The predicted octanol–water partition coefficient (Wildman–Crippen LogP) is 2.90. The molecule has 0 radical (unpaired) electrons. The first-order chi connectivity index (χ1) is 14.6. The van der Waals surface area contributed by atoms with Crippen LogP contribution in [-0.2, 0) is 17.2 Å². The molecule has 2 aromatic heterocycles. The molecule has 1 atom stereocenters. The maximum Gasteiger partial charge on any atom is 0.131 e. The van der Waals surface area contributed by atoms with Crippen LogP contribution in [0.5, 0.6) is 0 Å². The van der Waals surface area contributed by atoms with Gasteiger partial charge in [0.25, 0.3) is 0 Å². The van der Waals surface area contributed by atoms with Gasteiger partial charge in [-0.2, -0.15) is 0 Å². The van der Waals surface area contributed by atoms with E-state index in [-0.39, 0.29) is 12.1 Å². The highest BCUT2D eigenvalue weighted by atomic mass is 35.5. The highest BCUT2D eigenvalue weighted by molar-refractivity contribution is 7.85. The summed E-state index contributed by atoms with van der Waals surface area (Å²) in [6, 6.07) is 2.04. The third-order valence-corrected chi connectivity index (χ3v) is 8.30. The number of aromatic nitrogens is 3. The molecular formula is C21H26ClN5O2S. The van der Waals surface area contributed by atoms with Crippen molar-refractivity contribution in [2.75, 3.05) is 35.7 Å². The molecular weight excluding hydrogens is 422 g/mol. The Kier molecular flexibility index (Phi) is 5.41. The van der Waals surface area contributed by atoms with Crippen molar-refractivity contribution in [1.29, 1.82) is 0 Å². The molecule has 1 saturated carbocycles. The summed E-state index contributed by atoms with van der Waals surface area (Å²) >= 11 is 5.91. The topological polar surface area (TPSA) is 91.2 Å². The van der Waals surface area contributed by atoms with Crippen LogP contribution in [0.1, 0.15) is 49.5 Å². The third-order valence-electron chi connectivity index (χ3n) is 6.62. The van der Waals surface area contributed by atoms with E-state index in [0.717, 1.165) is 79.5 Å². The number of anilines is 2. The van der Waals surface area contributed by atoms with Crippen molar-refractivity contribution in [1.82, 2.24) is 15.0 Å². The van der Waals surface area contributed by atoms with Gasteiger partial charge in [-0.05, 0) is 32.1 Å². The van der Waals surface area contributed by atoms with Crippen LogP contribution in [0.25, 0.3) is 0 Å². The van der Waals surface area contributed by atoms with E-state index < -0.39 is 10.8 Å². The van der Waals surface area contributed by atoms with Gasteiger partial charge >= 0.3 is 0 Å². The summed E-state index contributed by atoms with van der Waals surface area (Å²) in [5, 5.41) is 14.0. The number of piperidine rings is 1. The molecule has 1 saturated heterocycles. The molecule has 2 fully saturated rings. The fraction of sp³-hybridized carbons (Fsp3) is 0.571. The number of fused-ring (bicyclic) bond motifs is 1. The second kappa shape index (κ2) is 8.05. The van der Waals surface area contributed by atoms with Crippen LogP contribution in [-0.4, -0.2) is 55.3 Å². The number of nitrogens with zero attached hydrogens (tertiary/aromatic N) is 4. The van der Waals surface area contributed by atoms with Crippen LogP contribution in [0.15, 0.2) is 23.4 Å². The Balaban J connectivity index is 1.37.